The predicted molar refractivity (Wildman–Crippen MR) is 111 cm³/mol. The largest absolute Gasteiger partial charge is 0.497 e. The first-order valence-electron chi connectivity index (χ1n) is 8.38. The Morgan fingerprint density at radius 1 is 0.966 bits per heavy atom. The Balaban J connectivity index is 2.64. The summed E-state index contributed by atoms with van der Waals surface area (Å²) in [6.07, 6.45) is 0. The molecule has 0 radical (unpaired) electrons. The van der Waals surface area contributed by atoms with Crippen molar-refractivity contribution >= 4 is 34.3 Å². The van der Waals surface area contributed by atoms with Crippen LogP contribution in [0.3, 0.4) is 0 Å². The van der Waals surface area contributed by atoms with Crippen LogP contribution in [0.2, 0.25) is 0 Å². The van der Waals surface area contributed by atoms with Gasteiger partial charge in [-0.05, 0) is 52.9 Å². The van der Waals surface area contributed by atoms with Gasteiger partial charge in [0.1, 0.15) is 5.75 Å². The van der Waals surface area contributed by atoms with E-state index in [1.54, 1.807) is 36.4 Å². The number of carboxylic acids is 1. The van der Waals surface area contributed by atoms with Crippen LogP contribution in [0.15, 0.2) is 42.5 Å². The zero-order valence-electron chi connectivity index (χ0n) is 16.1. The molecule has 0 aliphatic rings. The maximum Gasteiger partial charge on any atom is 0.369 e. The molecule has 1 N–H and O–H groups in total. The minimum Gasteiger partial charge on any atom is -0.497 e. The van der Waals surface area contributed by atoms with Crippen LogP contribution in [0.25, 0.3) is 0 Å². The van der Waals surface area contributed by atoms with Crippen molar-refractivity contribution in [2.24, 2.45) is 0 Å². The summed E-state index contributed by atoms with van der Waals surface area (Å²) in [5.74, 6) is -3.55. The van der Waals surface area contributed by atoms with Gasteiger partial charge in [0.25, 0.3) is 0 Å². The molecule has 0 saturated heterocycles. The highest BCUT2D eigenvalue weighted by Gasteiger charge is 2.48. The Labute approximate surface area is 181 Å². The molecular formula is C20H21IO8. The molecule has 29 heavy (non-hydrogen) atoms. The summed E-state index contributed by atoms with van der Waals surface area (Å²) in [6, 6.07) is 11.3. The topological polar surface area (TPSA) is 101 Å². The highest BCUT2D eigenvalue weighted by molar-refractivity contribution is 14.1. The van der Waals surface area contributed by atoms with Crippen molar-refractivity contribution < 1.29 is 38.4 Å². The summed E-state index contributed by atoms with van der Waals surface area (Å²) in [5, 5.41) is 10.0. The third-order valence-electron chi connectivity index (χ3n) is 3.98. The third kappa shape index (κ3) is 5.11. The van der Waals surface area contributed by atoms with Gasteiger partial charge in [-0.1, -0.05) is 12.1 Å². The lowest BCUT2D eigenvalue weighted by Crippen LogP contribution is -2.44. The van der Waals surface area contributed by atoms with Crippen LogP contribution in [0.4, 0.5) is 0 Å². The fourth-order valence-corrected chi connectivity index (χ4v) is 3.50. The number of hydrogen-bond donors (Lipinski definition) is 1. The number of ether oxygens (including phenoxy) is 5. The minimum absolute atomic E-state index is 0.0584. The second kappa shape index (κ2) is 10.6. The Morgan fingerprint density at radius 2 is 1.55 bits per heavy atom. The normalized spacial score (nSPS) is 11.3. The standard InChI is InChI=1S/C20H21IO8/c1-25-11-28-20(19(23)24,29-12-26-2)17-15(5-4-6-16(17)21)18(22)13-7-9-14(27-3)10-8-13/h4-10H,11-12H2,1-3H3,(H,23,24). The van der Waals surface area contributed by atoms with Gasteiger partial charge in [-0.25, -0.2) is 4.79 Å². The zero-order chi connectivity index (χ0) is 21.4. The number of ketones is 1. The third-order valence-corrected chi connectivity index (χ3v) is 4.88. The Kier molecular flexibility index (Phi) is 8.53. The van der Waals surface area contributed by atoms with E-state index in [1.165, 1.54) is 27.4 Å². The first-order valence-corrected chi connectivity index (χ1v) is 9.46. The highest BCUT2D eigenvalue weighted by atomic mass is 127. The SMILES string of the molecule is COCOC(OCOC)(C(=O)O)c1c(I)cccc1C(=O)c1ccc(OC)cc1. The number of carbonyl (C=O) groups excluding carboxylic acids is 1. The molecule has 0 aliphatic carbocycles. The molecule has 9 heteroatoms. The van der Waals surface area contributed by atoms with Crippen LogP contribution in [0, 0.1) is 3.57 Å². The summed E-state index contributed by atoms with van der Waals surface area (Å²) in [7, 11) is 4.22. The predicted octanol–water partition coefficient (Wildman–Crippen LogP) is 3.01. The van der Waals surface area contributed by atoms with Gasteiger partial charge >= 0.3 is 11.8 Å². The summed E-state index contributed by atoms with van der Waals surface area (Å²) in [5.41, 5.74) is 0.534. The van der Waals surface area contributed by atoms with E-state index in [-0.39, 0.29) is 24.7 Å². The molecule has 156 valence electrons. The molecule has 0 amide bonds. The molecule has 2 aromatic carbocycles. The van der Waals surface area contributed by atoms with Crippen molar-refractivity contribution in [3.63, 3.8) is 0 Å². The van der Waals surface area contributed by atoms with E-state index in [4.69, 9.17) is 23.7 Å². The zero-order valence-corrected chi connectivity index (χ0v) is 18.3. The number of rotatable bonds is 11. The average molecular weight is 516 g/mol. The Hall–Kier alpha value is -2.05. The molecule has 0 aliphatic heterocycles. The van der Waals surface area contributed by atoms with Crippen LogP contribution >= 0.6 is 22.6 Å². The van der Waals surface area contributed by atoms with Gasteiger partial charge in [-0.3, -0.25) is 4.79 Å². The molecule has 0 aromatic heterocycles. The fraction of sp³-hybridized carbons (Fsp3) is 0.300. The van der Waals surface area contributed by atoms with Crippen LogP contribution < -0.4 is 4.74 Å². The van der Waals surface area contributed by atoms with Gasteiger partial charge < -0.3 is 28.8 Å². The number of aliphatic carboxylic acids is 1. The van der Waals surface area contributed by atoms with Gasteiger partial charge in [0.05, 0.1) is 7.11 Å². The molecule has 0 spiro atoms. The second-order valence-corrected chi connectivity index (χ2v) is 6.91. The van der Waals surface area contributed by atoms with E-state index in [1.807, 2.05) is 22.6 Å². The molecule has 0 heterocycles. The molecule has 0 unspecified atom stereocenters. The number of benzene rings is 2. The number of carboxylic acid groups (broad SMARTS) is 1. The van der Waals surface area contributed by atoms with Crippen LogP contribution in [0.1, 0.15) is 21.5 Å². The molecule has 8 nitrogen and oxygen atoms in total. The van der Waals surface area contributed by atoms with Crippen molar-refractivity contribution in [1.82, 2.24) is 0 Å². The Bertz CT molecular complexity index is 842. The van der Waals surface area contributed by atoms with E-state index in [0.717, 1.165) is 0 Å². The summed E-state index contributed by atoms with van der Waals surface area (Å²) in [4.78, 5) is 25.5. The van der Waals surface area contributed by atoms with Gasteiger partial charge in [0.15, 0.2) is 19.4 Å². The van der Waals surface area contributed by atoms with E-state index < -0.39 is 17.5 Å². The van der Waals surface area contributed by atoms with E-state index in [2.05, 4.69) is 0 Å². The fourth-order valence-electron chi connectivity index (χ4n) is 2.65. The first-order chi connectivity index (χ1) is 13.9. The van der Waals surface area contributed by atoms with Gasteiger partial charge in [-0.2, -0.15) is 0 Å². The Morgan fingerprint density at radius 3 is 2.03 bits per heavy atom. The highest BCUT2D eigenvalue weighted by Crippen LogP contribution is 2.36. The number of methoxy groups -OCH3 is 3. The van der Waals surface area contributed by atoms with Crippen LogP contribution in [-0.2, 0) is 29.5 Å². The lowest BCUT2D eigenvalue weighted by molar-refractivity contribution is -0.295. The maximum absolute atomic E-state index is 13.2. The number of carbonyl (C=O) groups is 2. The molecule has 0 atom stereocenters. The summed E-state index contributed by atoms with van der Waals surface area (Å²) < 4.78 is 26.3. The summed E-state index contributed by atoms with van der Waals surface area (Å²) in [6.45, 7) is -0.756. The second-order valence-electron chi connectivity index (χ2n) is 5.74. The van der Waals surface area contributed by atoms with Crippen LogP contribution in [0.5, 0.6) is 5.75 Å². The molecule has 2 rings (SSSR count). The molecule has 2 aromatic rings. The van der Waals surface area contributed by atoms with Crippen molar-refractivity contribution in [3.8, 4) is 5.75 Å². The number of hydrogen-bond acceptors (Lipinski definition) is 7. The summed E-state index contributed by atoms with van der Waals surface area (Å²) >= 11 is 1.93. The molecule has 0 fully saturated rings. The lowest BCUT2D eigenvalue weighted by atomic mass is 9.93. The number of halogens is 1. The van der Waals surface area contributed by atoms with E-state index in [0.29, 0.717) is 14.9 Å². The molecule has 0 saturated carbocycles. The maximum atomic E-state index is 13.2. The van der Waals surface area contributed by atoms with Gasteiger partial charge in [-0.15, -0.1) is 0 Å². The van der Waals surface area contributed by atoms with Crippen molar-refractivity contribution in [1.29, 1.82) is 0 Å². The van der Waals surface area contributed by atoms with Gasteiger partial charge in [0, 0.05) is 34.5 Å². The first kappa shape index (κ1) is 23.2. The minimum atomic E-state index is -2.30. The monoisotopic (exact) mass is 516 g/mol. The molecule has 0 bridgehead atoms. The smallest absolute Gasteiger partial charge is 0.369 e. The van der Waals surface area contributed by atoms with Crippen molar-refractivity contribution in [3.05, 3.63) is 62.7 Å². The van der Waals surface area contributed by atoms with Gasteiger partial charge in [0.2, 0.25) is 0 Å². The van der Waals surface area contributed by atoms with E-state index >= 15 is 0 Å². The van der Waals surface area contributed by atoms with E-state index in [9.17, 15) is 14.7 Å². The van der Waals surface area contributed by atoms with Crippen molar-refractivity contribution in [2.45, 2.75) is 5.79 Å². The van der Waals surface area contributed by atoms with Crippen molar-refractivity contribution in [2.75, 3.05) is 34.9 Å². The quantitative estimate of drug-likeness (QED) is 0.277. The average Bonchev–Trinajstić information content (AvgIpc) is 2.73. The molecular weight excluding hydrogens is 495 g/mol. The van der Waals surface area contributed by atoms with Crippen LogP contribution in [-0.4, -0.2) is 51.8 Å². The lowest BCUT2D eigenvalue weighted by Gasteiger charge is -2.31.